The Kier molecular flexibility index (Phi) is 4.59. The maximum atomic E-state index is 11.4. The van der Waals surface area contributed by atoms with E-state index in [1.165, 1.54) is 11.4 Å². The molecular formula is C13H22N2O. The highest BCUT2D eigenvalue weighted by Crippen LogP contribution is 2.08. The summed E-state index contributed by atoms with van der Waals surface area (Å²) in [6, 6.07) is 4.47. The first-order valence-corrected chi connectivity index (χ1v) is 5.93. The number of carbonyl (C=O) groups is 1. The largest absolute Gasteiger partial charge is 0.354 e. The van der Waals surface area contributed by atoms with Gasteiger partial charge < -0.3 is 9.88 Å². The van der Waals surface area contributed by atoms with Crippen LogP contribution in [0.5, 0.6) is 0 Å². The molecule has 16 heavy (non-hydrogen) atoms. The van der Waals surface area contributed by atoms with E-state index in [1.807, 2.05) is 13.8 Å². The van der Waals surface area contributed by atoms with Gasteiger partial charge in [0.05, 0.1) is 0 Å². The molecule has 0 spiro atoms. The highest BCUT2D eigenvalue weighted by Gasteiger charge is 2.04. The Morgan fingerprint density at radius 2 is 1.88 bits per heavy atom. The van der Waals surface area contributed by atoms with Crippen LogP contribution in [0.1, 0.15) is 38.1 Å². The zero-order chi connectivity index (χ0) is 12.1. The SMILES string of the molecule is Cc1ccc(C)n1CCCC(=O)NC(C)C. The monoisotopic (exact) mass is 222 g/mol. The Balaban J connectivity index is 2.33. The molecule has 0 saturated carbocycles. The van der Waals surface area contributed by atoms with Crippen LogP contribution in [0.2, 0.25) is 0 Å². The topological polar surface area (TPSA) is 34.0 Å². The summed E-state index contributed by atoms with van der Waals surface area (Å²) >= 11 is 0. The fourth-order valence-electron chi connectivity index (χ4n) is 1.84. The van der Waals surface area contributed by atoms with E-state index in [-0.39, 0.29) is 11.9 Å². The summed E-state index contributed by atoms with van der Waals surface area (Å²) < 4.78 is 2.25. The molecule has 0 atom stereocenters. The molecule has 1 N–H and O–H groups in total. The van der Waals surface area contributed by atoms with Crippen molar-refractivity contribution in [2.24, 2.45) is 0 Å². The summed E-state index contributed by atoms with van der Waals surface area (Å²) in [6.45, 7) is 9.09. The van der Waals surface area contributed by atoms with E-state index in [2.05, 4.69) is 35.9 Å². The lowest BCUT2D eigenvalue weighted by Gasteiger charge is -2.10. The fraction of sp³-hybridized carbons (Fsp3) is 0.615. The van der Waals surface area contributed by atoms with Gasteiger partial charge in [0.15, 0.2) is 0 Å². The van der Waals surface area contributed by atoms with Crippen molar-refractivity contribution in [1.82, 2.24) is 9.88 Å². The lowest BCUT2D eigenvalue weighted by atomic mass is 10.2. The van der Waals surface area contributed by atoms with Crippen molar-refractivity contribution in [3.63, 3.8) is 0 Å². The number of rotatable bonds is 5. The molecule has 1 aromatic rings. The second-order valence-electron chi connectivity index (χ2n) is 4.59. The van der Waals surface area contributed by atoms with Crippen molar-refractivity contribution in [3.05, 3.63) is 23.5 Å². The summed E-state index contributed by atoms with van der Waals surface area (Å²) in [6.07, 6.45) is 1.50. The quantitative estimate of drug-likeness (QED) is 0.815. The molecule has 0 aliphatic carbocycles. The molecule has 3 heteroatoms. The van der Waals surface area contributed by atoms with Crippen LogP contribution in [0.15, 0.2) is 12.1 Å². The molecule has 1 aromatic heterocycles. The predicted octanol–water partition coefficient (Wildman–Crippen LogP) is 2.41. The van der Waals surface area contributed by atoms with Crippen LogP contribution < -0.4 is 5.32 Å². The van der Waals surface area contributed by atoms with Gasteiger partial charge in [-0.15, -0.1) is 0 Å². The molecule has 0 bridgehead atoms. The van der Waals surface area contributed by atoms with Gasteiger partial charge >= 0.3 is 0 Å². The molecule has 0 fully saturated rings. The average molecular weight is 222 g/mol. The highest BCUT2D eigenvalue weighted by atomic mass is 16.1. The van der Waals surface area contributed by atoms with Crippen LogP contribution in [0.25, 0.3) is 0 Å². The Morgan fingerprint density at radius 1 is 1.31 bits per heavy atom. The van der Waals surface area contributed by atoms with Crippen LogP contribution >= 0.6 is 0 Å². The zero-order valence-electron chi connectivity index (χ0n) is 10.7. The highest BCUT2D eigenvalue weighted by molar-refractivity contribution is 5.76. The van der Waals surface area contributed by atoms with Gasteiger partial charge in [0.2, 0.25) is 5.91 Å². The number of nitrogens with zero attached hydrogens (tertiary/aromatic N) is 1. The molecule has 1 rings (SSSR count). The number of hydrogen-bond donors (Lipinski definition) is 1. The lowest BCUT2D eigenvalue weighted by Crippen LogP contribution is -2.30. The zero-order valence-corrected chi connectivity index (χ0v) is 10.7. The Hall–Kier alpha value is -1.25. The Morgan fingerprint density at radius 3 is 2.38 bits per heavy atom. The van der Waals surface area contributed by atoms with Crippen LogP contribution in [-0.2, 0) is 11.3 Å². The van der Waals surface area contributed by atoms with E-state index in [0.29, 0.717) is 6.42 Å². The van der Waals surface area contributed by atoms with E-state index >= 15 is 0 Å². The van der Waals surface area contributed by atoms with Crippen LogP contribution in [-0.4, -0.2) is 16.5 Å². The molecule has 0 aliphatic heterocycles. The Bertz CT molecular complexity index is 333. The summed E-state index contributed by atoms with van der Waals surface area (Å²) in [5.74, 6) is 0.150. The summed E-state index contributed by atoms with van der Waals surface area (Å²) in [7, 11) is 0. The number of hydrogen-bond acceptors (Lipinski definition) is 1. The first-order chi connectivity index (χ1) is 7.50. The minimum atomic E-state index is 0.150. The maximum absolute atomic E-state index is 11.4. The molecule has 0 radical (unpaired) electrons. The first-order valence-electron chi connectivity index (χ1n) is 5.93. The van der Waals surface area contributed by atoms with Crippen LogP contribution in [0.3, 0.4) is 0 Å². The summed E-state index contributed by atoms with van der Waals surface area (Å²) in [5, 5.41) is 2.90. The minimum Gasteiger partial charge on any atom is -0.354 e. The molecule has 1 amide bonds. The molecule has 1 heterocycles. The van der Waals surface area contributed by atoms with Crippen molar-refractivity contribution in [2.75, 3.05) is 0 Å². The third-order valence-corrected chi connectivity index (χ3v) is 2.65. The standard InChI is InChI=1S/C13H22N2O/c1-10(2)14-13(16)6-5-9-15-11(3)7-8-12(15)4/h7-8,10H,5-6,9H2,1-4H3,(H,14,16). The average Bonchev–Trinajstić information content (AvgIpc) is 2.47. The van der Waals surface area contributed by atoms with E-state index in [1.54, 1.807) is 0 Å². The molecule has 90 valence electrons. The van der Waals surface area contributed by atoms with E-state index < -0.39 is 0 Å². The van der Waals surface area contributed by atoms with Gasteiger partial charge in [0.25, 0.3) is 0 Å². The predicted molar refractivity (Wildman–Crippen MR) is 66.4 cm³/mol. The lowest BCUT2D eigenvalue weighted by molar-refractivity contribution is -0.121. The number of amides is 1. The second-order valence-corrected chi connectivity index (χ2v) is 4.59. The molecule has 0 aliphatic rings. The van der Waals surface area contributed by atoms with Gasteiger partial charge in [-0.3, -0.25) is 4.79 Å². The van der Waals surface area contributed by atoms with E-state index in [0.717, 1.165) is 13.0 Å². The Labute approximate surface area is 97.8 Å². The molecular weight excluding hydrogens is 200 g/mol. The second kappa shape index (κ2) is 5.73. The van der Waals surface area contributed by atoms with Gasteiger partial charge in [0.1, 0.15) is 0 Å². The van der Waals surface area contributed by atoms with Gasteiger partial charge in [-0.2, -0.15) is 0 Å². The minimum absolute atomic E-state index is 0.150. The third kappa shape index (κ3) is 3.72. The normalized spacial score (nSPS) is 10.8. The molecule has 3 nitrogen and oxygen atoms in total. The van der Waals surface area contributed by atoms with Crippen molar-refractivity contribution in [2.45, 2.75) is 53.1 Å². The smallest absolute Gasteiger partial charge is 0.220 e. The number of nitrogens with one attached hydrogen (secondary N) is 1. The van der Waals surface area contributed by atoms with Crippen molar-refractivity contribution >= 4 is 5.91 Å². The number of carbonyl (C=O) groups excluding carboxylic acids is 1. The van der Waals surface area contributed by atoms with Crippen molar-refractivity contribution in [3.8, 4) is 0 Å². The summed E-state index contributed by atoms with van der Waals surface area (Å²) in [4.78, 5) is 11.4. The number of aromatic nitrogens is 1. The fourth-order valence-corrected chi connectivity index (χ4v) is 1.84. The third-order valence-electron chi connectivity index (χ3n) is 2.65. The van der Waals surface area contributed by atoms with Crippen LogP contribution in [0.4, 0.5) is 0 Å². The van der Waals surface area contributed by atoms with Gasteiger partial charge in [-0.1, -0.05) is 0 Å². The first kappa shape index (κ1) is 12.8. The van der Waals surface area contributed by atoms with Crippen molar-refractivity contribution in [1.29, 1.82) is 0 Å². The molecule has 0 aromatic carbocycles. The maximum Gasteiger partial charge on any atom is 0.220 e. The van der Waals surface area contributed by atoms with Crippen LogP contribution in [0, 0.1) is 13.8 Å². The van der Waals surface area contributed by atoms with Gasteiger partial charge in [-0.25, -0.2) is 0 Å². The van der Waals surface area contributed by atoms with Gasteiger partial charge in [0, 0.05) is 30.4 Å². The van der Waals surface area contributed by atoms with Gasteiger partial charge in [-0.05, 0) is 46.2 Å². The molecule has 0 unspecified atom stereocenters. The van der Waals surface area contributed by atoms with Crippen molar-refractivity contribution < 1.29 is 4.79 Å². The van der Waals surface area contributed by atoms with E-state index in [9.17, 15) is 4.79 Å². The van der Waals surface area contributed by atoms with E-state index in [4.69, 9.17) is 0 Å². The summed E-state index contributed by atoms with van der Waals surface area (Å²) in [5.41, 5.74) is 2.53. The number of aryl methyl sites for hydroxylation is 2. The molecule has 0 saturated heterocycles.